The maximum atomic E-state index is 12.6. The van der Waals surface area contributed by atoms with Gasteiger partial charge in [0.2, 0.25) is 10.0 Å². The van der Waals surface area contributed by atoms with Crippen LogP contribution in [0, 0.1) is 0 Å². The van der Waals surface area contributed by atoms with Crippen LogP contribution in [0.3, 0.4) is 0 Å². The average molecular weight is 372 g/mol. The van der Waals surface area contributed by atoms with Crippen LogP contribution in [-0.4, -0.2) is 32.5 Å². The minimum absolute atomic E-state index is 0.0698. The van der Waals surface area contributed by atoms with Crippen molar-refractivity contribution in [1.82, 2.24) is 9.71 Å². The van der Waals surface area contributed by atoms with Gasteiger partial charge in [-0.15, -0.1) is 0 Å². The molecule has 1 aromatic carbocycles. The second kappa shape index (κ2) is 6.65. The van der Waals surface area contributed by atoms with Crippen molar-refractivity contribution in [1.29, 1.82) is 0 Å². The van der Waals surface area contributed by atoms with E-state index in [9.17, 15) is 8.42 Å². The van der Waals surface area contributed by atoms with Crippen LogP contribution in [0.1, 0.15) is 6.42 Å². The molecule has 1 aliphatic heterocycles. The van der Waals surface area contributed by atoms with Crippen LogP contribution in [0.2, 0.25) is 10.0 Å². The largest absolute Gasteiger partial charge is 0.355 e. The number of nitrogens with one attached hydrogen (secondary N) is 1. The Kier molecular flexibility index (Phi) is 4.77. The fourth-order valence-electron chi connectivity index (χ4n) is 2.62. The molecule has 1 N–H and O–H groups in total. The Morgan fingerprint density at radius 1 is 1.13 bits per heavy atom. The Balaban J connectivity index is 1.75. The molecular weight excluding hydrogens is 357 g/mol. The highest BCUT2D eigenvalue weighted by molar-refractivity contribution is 7.89. The Morgan fingerprint density at radius 3 is 2.52 bits per heavy atom. The Bertz CT molecular complexity index is 779. The van der Waals surface area contributed by atoms with Crippen molar-refractivity contribution in [3.8, 4) is 0 Å². The minimum atomic E-state index is -3.77. The van der Waals surface area contributed by atoms with Crippen LogP contribution in [0.15, 0.2) is 47.5 Å². The molecule has 0 radical (unpaired) electrons. The molecule has 0 aliphatic carbocycles. The van der Waals surface area contributed by atoms with E-state index in [0.29, 0.717) is 13.0 Å². The third-order valence-corrected chi connectivity index (χ3v) is 6.15. The molecular formula is C15H15Cl2N3O2S. The fourth-order valence-corrected chi connectivity index (χ4v) is 5.03. The summed E-state index contributed by atoms with van der Waals surface area (Å²) in [6.45, 7) is 1.29. The summed E-state index contributed by atoms with van der Waals surface area (Å²) in [5.41, 5.74) is 0. The van der Waals surface area contributed by atoms with Gasteiger partial charge in [-0.1, -0.05) is 35.3 Å². The van der Waals surface area contributed by atoms with Crippen LogP contribution in [0.4, 0.5) is 5.82 Å². The zero-order valence-electron chi connectivity index (χ0n) is 12.1. The van der Waals surface area contributed by atoms with Gasteiger partial charge in [0.05, 0.1) is 10.0 Å². The van der Waals surface area contributed by atoms with Gasteiger partial charge in [0, 0.05) is 25.3 Å². The molecule has 2 aromatic rings. The highest BCUT2D eigenvalue weighted by atomic mass is 35.5. The van der Waals surface area contributed by atoms with E-state index in [1.54, 1.807) is 12.3 Å². The highest BCUT2D eigenvalue weighted by Crippen LogP contribution is 2.29. The molecule has 1 aliphatic rings. The summed E-state index contributed by atoms with van der Waals surface area (Å²) in [4.78, 5) is 6.26. The molecule has 1 fully saturated rings. The average Bonchev–Trinajstić information content (AvgIpc) is 2.95. The number of hydrogen-bond donors (Lipinski definition) is 1. The van der Waals surface area contributed by atoms with Crippen molar-refractivity contribution in [3.63, 3.8) is 0 Å². The highest BCUT2D eigenvalue weighted by Gasteiger charge is 2.30. The molecule has 23 heavy (non-hydrogen) atoms. The molecule has 0 bridgehead atoms. The monoisotopic (exact) mass is 371 g/mol. The van der Waals surface area contributed by atoms with Crippen molar-refractivity contribution < 1.29 is 8.42 Å². The Hall–Kier alpha value is -1.34. The zero-order valence-corrected chi connectivity index (χ0v) is 14.4. The number of halogens is 2. The maximum absolute atomic E-state index is 12.6. The van der Waals surface area contributed by atoms with Crippen LogP contribution >= 0.6 is 23.2 Å². The van der Waals surface area contributed by atoms with Crippen molar-refractivity contribution in [2.75, 3.05) is 18.0 Å². The van der Waals surface area contributed by atoms with E-state index < -0.39 is 10.0 Å². The summed E-state index contributed by atoms with van der Waals surface area (Å²) in [7, 11) is -3.77. The van der Waals surface area contributed by atoms with Gasteiger partial charge in [0.25, 0.3) is 0 Å². The second-order valence-corrected chi connectivity index (χ2v) is 7.76. The maximum Gasteiger partial charge on any atom is 0.243 e. The van der Waals surface area contributed by atoms with Crippen molar-refractivity contribution in [3.05, 3.63) is 52.6 Å². The molecule has 5 nitrogen and oxygen atoms in total. The van der Waals surface area contributed by atoms with Gasteiger partial charge in [-0.3, -0.25) is 0 Å². The molecule has 1 atom stereocenters. The molecule has 1 saturated heterocycles. The van der Waals surface area contributed by atoms with Crippen LogP contribution in [0.5, 0.6) is 0 Å². The summed E-state index contributed by atoms with van der Waals surface area (Å²) in [6.07, 6.45) is 2.41. The van der Waals surface area contributed by atoms with E-state index in [-0.39, 0.29) is 21.0 Å². The lowest BCUT2D eigenvalue weighted by Gasteiger charge is -2.18. The molecule has 8 heteroatoms. The number of nitrogens with zero attached hydrogens (tertiary/aromatic N) is 2. The Labute approximate surface area is 145 Å². The number of benzene rings is 1. The van der Waals surface area contributed by atoms with Gasteiger partial charge in [-0.2, -0.15) is 0 Å². The normalized spacial score (nSPS) is 18.3. The summed E-state index contributed by atoms with van der Waals surface area (Å²) in [6, 6.07) is 10.1. The van der Waals surface area contributed by atoms with Gasteiger partial charge in [-0.25, -0.2) is 18.1 Å². The van der Waals surface area contributed by atoms with E-state index >= 15 is 0 Å². The number of anilines is 1. The minimum Gasteiger partial charge on any atom is -0.355 e. The quantitative estimate of drug-likeness (QED) is 0.897. The second-order valence-electron chi connectivity index (χ2n) is 5.29. The van der Waals surface area contributed by atoms with E-state index in [1.807, 2.05) is 23.1 Å². The molecule has 1 aromatic heterocycles. The smallest absolute Gasteiger partial charge is 0.243 e. The zero-order chi connectivity index (χ0) is 16.4. The predicted octanol–water partition coefficient (Wildman–Crippen LogP) is 2.95. The van der Waals surface area contributed by atoms with Crippen molar-refractivity contribution in [2.45, 2.75) is 17.4 Å². The van der Waals surface area contributed by atoms with Gasteiger partial charge in [0.15, 0.2) is 0 Å². The third kappa shape index (κ3) is 3.61. The van der Waals surface area contributed by atoms with Gasteiger partial charge < -0.3 is 4.90 Å². The number of pyridine rings is 1. The summed E-state index contributed by atoms with van der Waals surface area (Å²) in [5, 5.41) is 0.231. The molecule has 0 amide bonds. The number of aromatic nitrogens is 1. The first-order valence-corrected chi connectivity index (χ1v) is 9.33. The molecule has 1 unspecified atom stereocenters. The van der Waals surface area contributed by atoms with Crippen LogP contribution in [0.25, 0.3) is 0 Å². The SMILES string of the molecule is O=S(=O)(NC1CCN(c2ccccn2)C1)c1c(Cl)cccc1Cl. The van der Waals surface area contributed by atoms with Crippen molar-refractivity contribution >= 4 is 39.0 Å². The third-order valence-electron chi connectivity index (χ3n) is 3.67. The summed E-state index contributed by atoms with van der Waals surface area (Å²) in [5.74, 6) is 0.838. The first-order valence-electron chi connectivity index (χ1n) is 7.10. The number of rotatable bonds is 4. The van der Waals surface area contributed by atoms with Gasteiger partial charge in [0.1, 0.15) is 10.7 Å². The first kappa shape index (κ1) is 16.5. The lowest BCUT2D eigenvalue weighted by molar-refractivity contribution is 0.561. The standard InChI is InChI=1S/C15H15Cl2N3O2S/c16-12-4-3-5-13(17)15(12)23(21,22)19-11-7-9-20(10-11)14-6-1-2-8-18-14/h1-6,8,11,19H,7,9-10H2. The van der Waals surface area contributed by atoms with Crippen LogP contribution in [-0.2, 0) is 10.0 Å². The van der Waals surface area contributed by atoms with Gasteiger partial charge in [-0.05, 0) is 30.7 Å². The number of hydrogen-bond acceptors (Lipinski definition) is 4. The van der Waals surface area contributed by atoms with E-state index in [2.05, 4.69) is 9.71 Å². The molecule has 122 valence electrons. The first-order chi connectivity index (χ1) is 11.0. The van der Waals surface area contributed by atoms with E-state index in [0.717, 1.165) is 12.4 Å². The lowest BCUT2D eigenvalue weighted by Crippen LogP contribution is -2.37. The summed E-state index contributed by atoms with van der Waals surface area (Å²) < 4.78 is 27.8. The molecule has 3 rings (SSSR count). The van der Waals surface area contributed by atoms with Crippen molar-refractivity contribution in [2.24, 2.45) is 0 Å². The lowest BCUT2D eigenvalue weighted by atomic mass is 10.3. The predicted molar refractivity (Wildman–Crippen MR) is 91.6 cm³/mol. The Morgan fingerprint density at radius 2 is 1.87 bits per heavy atom. The number of sulfonamides is 1. The molecule has 0 saturated carbocycles. The summed E-state index contributed by atoms with van der Waals surface area (Å²) >= 11 is 12.0. The molecule has 0 spiro atoms. The van der Waals surface area contributed by atoms with Gasteiger partial charge >= 0.3 is 0 Å². The van der Waals surface area contributed by atoms with E-state index in [1.165, 1.54) is 12.1 Å². The van der Waals surface area contributed by atoms with Crippen LogP contribution < -0.4 is 9.62 Å². The molecule has 2 heterocycles. The fraction of sp³-hybridized carbons (Fsp3) is 0.267. The topological polar surface area (TPSA) is 62.3 Å². The van der Waals surface area contributed by atoms with E-state index in [4.69, 9.17) is 23.2 Å².